The van der Waals surface area contributed by atoms with E-state index in [0.29, 0.717) is 24.7 Å². The number of furan rings is 1. The van der Waals surface area contributed by atoms with Gasteiger partial charge in [0, 0.05) is 19.3 Å². The van der Waals surface area contributed by atoms with Crippen LogP contribution in [0, 0.1) is 12.8 Å². The van der Waals surface area contributed by atoms with Crippen molar-refractivity contribution < 1.29 is 14.0 Å². The van der Waals surface area contributed by atoms with Crippen LogP contribution in [0.3, 0.4) is 0 Å². The minimum absolute atomic E-state index is 0.0972. The first-order chi connectivity index (χ1) is 11.1. The second-order valence-electron chi connectivity index (χ2n) is 5.78. The quantitative estimate of drug-likeness (QED) is 0.944. The summed E-state index contributed by atoms with van der Waals surface area (Å²) in [7, 11) is 0. The van der Waals surface area contributed by atoms with Crippen LogP contribution in [0.25, 0.3) is 0 Å². The fourth-order valence-corrected chi connectivity index (χ4v) is 2.76. The van der Waals surface area contributed by atoms with Crippen molar-refractivity contribution in [1.29, 1.82) is 0 Å². The van der Waals surface area contributed by atoms with Gasteiger partial charge in [-0.15, -0.1) is 0 Å². The summed E-state index contributed by atoms with van der Waals surface area (Å²) in [5, 5.41) is 2.84. The summed E-state index contributed by atoms with van der Waals surface area (Å²) in [6, 6.07) is 7.03. The number of rotatable bonds is 3. The Morgan fingerprint density at radius 1 is 1.39 bits per heavy atom. The highest BCUT2D eigenvalue weighted by Crippen LogP contribution is 2.20. The van der Waals surface area contributed by atoms with E-state index in [2.05, 4.69) is 10.3 Å². The van der Waals surface area contributed by atoms with Crippen LogP contribution in [-0.2, 0) is 4.79 Å². The SMILES string of the molecule is Cc1ccnc(NC(=O)[C@H]2CCCN(C(=O)c3ccco3)C2)c1. The maximum Gasteiger partial charge on any atom is 0.289 e. The van der Waals surface area contributed by atoms with Crippen molar-refractivity contribution in [2.45, 2.75) is 19.8 Å². The van der Waals surface area contributed by atoms with Gasteiger partial charge in [-0.05, 0) is 49.6 Å². The third-order valence-electron chi connectivity index (χ3n) is 3.98. The summed E-state index contributed by atoms with van der Waals surface area (Å²) < 4.78 is 5.15. The van der Waals surface area contributed by atoms with Gasteiger partial charge in [0.2, 0.25) is 5.91 Å². The number of pyridine rings is 1. The molecule has 3 rings (SSSR count). The van der Waals surface area contributed by atoms with Crippen LogP contribution in [0.4, 0.5) is 5.82 Å². The Hall–Kier alpha value is -2.63. The van der Waals surface area contributed by atoms with Gasteiger partial charge in [-0.2, -0.15) is 0 Å². The normalized spacial score (nSPS) is 17.8. The molecule has 0 spiro atoms. The fourth-order valence-electron chi connectivity index (χ4n) is 2.76. The van der Waals surface area contributed by atoms with Crippen LogP contribution in [0.2, 0.25) is 0 Å². The lowest BCUT2D eigenvalue weighted by Crippen LogP contribution is -2.43. The number of carbonyl (C=O) groups is 2. The Morgan fingerprint density at radius 2 is 2.26 bits per heavy atom. The zero-order chi connectivity index (χ0) is 16.2. The first-order valence-electron chi connectivity index (χ1n) is 7.70. The second kappa shape index (κ2) is 6.64. The van der Waals surface area contributed by atoms with E-state index >= 15 is 0 Å². The van der Waals surface area contributed by atoms with Gasteiger partial charge in [0.25, 0.3) is 5.91 Å². The summed E-state index contributed by atoms with van der Waals surface area (Å²) in [4.78, 5) is 30.6. The summed E-state index contributed by atoms with van der Waals surface area (Å²) in [5.41, 5.74) is 1.04. The summed E-state index contributed by atoms with van der Waals surface area (Å²) in [6.45, 7) is 2.99. The van der Waals surface area contributed by atoms with E-state index in [4.69, 9.17) is 4.42 Å². The molecule has 0 bridgehead atoms. The van der Waals surface area contributed by atoms with Crippen molar-refractivity contribution in [1.82, 2.24) is 9.88 Å². The Balaban J connectivity index is 1.64. The van der Waals surface area contributed by atoms with E-state index in [9.17, 15) is 9.59 Å². The molecule has 1 N–H and O–H groups in total. The van der Waals surface area contributed by atoms with E-state index in [0.717, 1.165) is 18.4 Å². The lowest BCUT2D eigenvalue weighted by atomic mass is 9.97. The third kappa shape index (κ3) is 3.59. The lowest BCUT2D eigenvalue weighted by Gasteiger charge is -2.31. The molecule has 6 nitrogen and oxygen atoms in total. The van der Waals surface area contributed by atoms with E-state index in [-0.39, 0.29) is 17.7 Å². The minimum Gasteiger partial charge on any atom is -0.459 e. The summed E-state index contributed by atoms with van der Waals surface area (Å²) in [6.07, 6.45) is 4.70. The van der Waals surface area contributed by atoms with E-state index < -0.39 is 0 Å². The number of likely N-dealkylation sites (tertiary alicyclic amines) is 1. The molecule has 3 heterocycles. The van der Waals surface area contributed by atoms with Crippen molar-refractivity contribution in [3.05, 3.63) is 48.0 Å². The number of hydrogen-bond donors (Lipinski definition) is 1. The van der Waals surface area contributed by atoms with Gasteiger partial charge in [0.1, 0.15) is 5.82 Å². The lowest BCUT2D eigenvalue weighted by molar-refractivity contribution is -0.121. The smallest absolute Gasteiger partial charge is 0.289 e. The fraction of sp³-hybridized carbons (Fsp3) is 0.353. The predicted octanol–water partition coefficient (Wildman–Crippen LogP) is 2.47. The molecule has 1 atom stereocenters. The number of aromatic nitrogens is 1. The number of carbonyl (C=O) groups excluding carboxylic acids is 2. The number of nitrogens with one attached hydrogen (secondary N) is 1. The molecule has 0 aliphatic carbocycles. The number of piperidine rings is 1. The van der Waals surface area contributed by atoms with Crippen LogP contribution in [-0.4, -0.2) is 34.8 Å². The highest BCUT2D eigenvalue weighted by atomic mass is 16.3. The number of nitrogens with zero attached hydrogens (tertiary/aromatic N) is 2. The number of anilines is 1. The molecule has 2 aromatic heterocycles. The van der Waals surface area contributed by atoms with Crippen LogP contribution in [0.15, 0.2) is 41.1 Å². The van der Waals surface area contributed by atoms with Crippen molar-refractivity contribution in [3.63, 3.8) is 0 Å². The zero-order valence-corrected chi connectivity index (χ0v) is 13.0. The molecular formula is C17H19N3O3. The Labute approximate surface area is 134 Å². The molecule has 0 aromatic carbocycles. The van der Waals surface area contributed by atoms with Gasteiger partial charge in [0.15, 0.2) is 5.76 Å². The van der Waals surface area contributed by atoms with Crippen molar-refractivity contribution in [2.75, 3.05) is 18.4 Å². The molecule has 0 saturated carbocycles. The Morgan fingerprint density at radius 3 is 3.00 bits per heavy atom. The van der Waals surface area contributed by atoms with Crippen molar-refractivity contribution >= 4 is 17.6 Å². The first kappa shape index (κ1) is 15.3. The third-order valence-corrected chi connectivity index (χ3v) is 3.98. The van der Waals surface area contributed by atoms with Crippen molar-refractivity contribution in [3.8, 4) is 0 Å². The van der Waals surface area contributed by atoms with Gasteiger partial charge in [0.05, 0.1) is 12.2 Å². The van der Waals surface area contributed by atoms with Gasteiger partial charge < -0.3 is 14.6 Å². The van der Waals surface area contributed by atoms with E-state index in [1.165, 1.54) is 6.26 Å². The molecule has 2 amide bonds. The standard InChI is InChI=1S/C17H19N3O3/c1-12-6-7-18-15(10-12)19-16(21)13-4-2-8-20(11-13)17(22)14-5-3-9-23-14/h3,5-7,9-10,13H,2,4,8,11H2,1H3,(H,18,19,21)/t13-/m0/s1. The molecule has 6 heteroatoms. The average molecular weight is 313 g/mol. The number of aryl methyl sites for hydroxylation is 1. The molecule has 0 radical (unpaired) electrons. The molecular weight excluding hydrogens is 294 g/mol. The molecule has 1 aliphatic heterocycles. The largest absolute Gasteiger partial charge is 0.459 e. The maximum atomic E-state index is 12.4. The van der Waals surface area contributed by atoms with Crippen LogP contribution >= 0.6 is 0 Å². The highest BCUT2D eigenvalue weighted by molar-refractivity contribution is 5.94. The topological polar surface area (TPSA) is 75.4 Å². The maximum absolute atomic E-state index is 12.4. The molecule has 1 fully saturated rings. The van der Waals surface area contributed by atoms with Crippen LogP contribution in [0.5, 0.6) is 0 Å². The summed E-state index contributed by atoms with van der Waals surface area (Å²) >= 11 is 0. The molecule has 1 saturated heterocycles. The number of amides is 2. The monoisotopic (exact) mass is 313 g/mol. The Bertz CT molecular complexity index is 697. The van der Waals surface area contributed by atoms with Gasteiger partial charge >= 0.3 is 0 Å². The van der Waals surface area contributed by atoms with E-state index in [1.807, 2.05) is 19.1 Å². The molecule has 0 unspecified atom stereocenters. The first-order valence-corrected chi connectivity index (χ1v) is 7.70. The second-order valence-corrected chi connectivity index (χ2v) is 5.78. The highest BCUT2D eigenvalue weighted by Gasteiger charge is 2.30. The molecule has 1 aliphatic rings. The Kier molecular flexibility index (Phi) is 4.41. The van der Waals surface area contributed by atoms with Crippen LogP contribution < -0.4 is 5.32 Å². The molecule has 23 heavy (non-hydrogen) atoms. The predicted molar refractivity (Wildman–Crippen MR) is 84.9 cm³/mol. The minimum atomic E-state index is -0.232. The van der Waals surface area contributed by atoms with Crippen molar-refractivity contribution in [2.24, 2.45) is 5.92 Å². The van der Waals surface area contributed by atoms with E-state index in [1.54, 1.807) is 23.2 Å². The van der Waals surface area contributed by atoms with Gasteiger partial charge in [-0.25, -0.2) is 4.98 Å². The molecule has 2 aromatic rings. The molecule has 120 valence electrons. The number of hydrogen-bond acceptors (Lipinski definition) is 4. The zero-order valence-electron chi connectivity index (χ0n) is 13.0. The van der Waals surface area contributed by atoms with Crippen LogP contribution in [0.1, 0.15) is 29.0 Å². The van der Waals surface area contributed by atoms with Gasteiger partial charge in [-0.3, -0.25) is 9.59 Å². The average Bonchev–Trinajstić information content (AvgIpc) is 3.09. The van der Waals surface area contributed by atoms with Gasteiger partial charge in [-0.1, -0.05) is 0 Å². The summed E-state index contributed by atoms with van der Waals surface area (Å²) in [5.74, 6) is 0.363.